The lowest BCUT2D eigenvalue weighted by Crippen LogP contribution is -2.51. The van der Waals surface area contributed by atoms with Gasteiger partial charge >= 0.3 is 5.76 Å². The Bertz CT molecular complexity index is 1120. The predicted molar refractivity (Wildman–Crippen MR) is 107 cm³/mol. The second-order valence-electron chi connectivity index (χ2n) is 6.79. The van der Waals surface area contributed by atoms with Gasteiger partial charge in [0.15, 0.2) is 11.7 Å². The maximum atomic E-state index is 13.1. The first-order valence-electron chi connectivity index (χ1n) is 9.50. The average molecular weight is 395 g/mol. The second-order valence-corrected chi connectivity index (χ2v) is 6.79. The van der Waals surface area contributed by atoms with Gasteiger partial charge in [-0.2, -0.15) is 0 Å². The van der Waals surface area contributed by atoms with E-state index in [2.05, 4.69) is 5.32 Å². The molecule has 0 spiro atoms. The number of nitrogens with one attached hydrogen (secondary N) is 1. The van der Waals surface area contributed by atoms with E-state index in [1.54, 1.807) is 48.5 Å². The Hall–Kier alpha value is -3.55. The van der Waals surface area contributed by atoms with Gasteiger partial charge in [-0.3, -0.25) is 14.2 Å². The van der Waals surface area contributed by atoms with E-state index < -0.39 is 11.9 Å². The fraction of sp³-hybridized carbons (Fsp3) is 0.286. The highest BCUT2D eigenvalue weighted by Crippen LogP contribution is 2.33. The number of oxazole rings is 1. The van der Waals surface area contributed by atoms with Crippen molar-refractivity contribution in [3.63, 3.8) is 0 Å². The number of carbonyl (C=O) groups excluding carboxylic acids is 2. The second kappa shape index (κ2) is 7.83. The van der Waals surface area contributed by atoms with Gasteiger partial charge in [0.1, 0.15) is 12.3 Å². The highest BCUT2D eigenvalue weighted by atomic mass is 16.5. The van der Waals surface area contributed by atoms with Crippen molar-refractivity contribution in [1.82, 2.24) is 9.88 Å². The Labute approximate surface area is 166 Å². The average Bonchev–Trinajstić information content (AvgIpc) is 3.06. The largest absolute Gasteiger partial charge is 0.477 e. The van der Waals surface area contributed by atoms with Crippen molar-refractivity contribution in [2.45, 2.75) is 26.0 Å². The number of amides is 2. The molecule has 2 heterocycles. The lowest BCUT2D eigenvalue weighted by Gasteiger charge is -2.34. The molecule has 0 fully saturated rings. The lowest BCUT2D eigenvalue weighted by atomic mass is 10.1. The van der Waals surface area contributed by atoms with E-state index in [0.29, 0.717) is 29.1 Å². The van der Waals surface area contributed by atoms with Crippen LogP contribution in [0.3, 0.4) is 0 Å². The Morgan fingerprint density at radius 3 is 2.72 bits per heavy atom. The monoisotopic (exact) mass is 395 g/mol. The van der Waals surface area contributed by atoms with Gasteiger partial charge in [0.05, 0.1) is 17.7 Å². The molecule has 0 saturated heterocycles. The van der Waals surface area contributed by atoms with E-state index in [0.717, 1.165) is 6.42 Å². The van der Waals surface area contributed by atoms with Crippen molar-refractivity contribution in [3.05, 3.63) is 59.1 Å². The van der Waals surface area contributed by atoms with E-state index in [1.807, 2.05) is 6.92 Å². The molecular weight excluding hydrogens is 374 g/mol. The number of fused-ring (bicyclic) bond motifs is 2. The minimum absolute atomic E-state index is 0.0654. The SMILES string of the molecule is CCCNC(=O)[C@@H]1CN(C(=O)Cn2c(=O)oc3ccccc32)c2ccccc2O1. The van der Waals surface area contributed by atoms with Crippen LogP contribution in [0.25, 0.3) is 11.1 Å². The summed E-state index contributed by atoms with van der Waals surface area (Å²) < 4.78 is 12.3. The number of nitrogens with zero attached hydrogens (tertiary/aromatic N) is 2. The molecule has 8 nitrogen and oxygen atoms in total. The number of anilines is 1. The molecule has 4 rings (SSSR count). The highest BCUT2D eigenvalue weighted by Gasteiger charge is 2.34. The van der Waals surface area contributed by atoms with Crippen LogP contribution in [0.5, 0.6) is 5.75 Å². The third-order valence-electron chi connectivity index (χ3n) is 4.78. The fourth-order valence-electron chi connectivity index (χ4n) is 3.35. The Balaban J connectivity index is 1.63. The zero-order valence-corrected chi connectivity index (χ0v) is 16.0. The molecule has 0 bridgehead atoms. The number of aromatic nitrogens is 1. The molecule has 150 valence electrons. The van der Waals surface area contributed by atoms with Crippen molar-refractivity contribution in [3.8, 4) is 5.75 Å². The van der Waals surface area contributed by atoms with E-state index in [-0.39, 0.29) is 24.9 Å². The van der Waals surface area contributed by atoms with Crippen LogP contribution in [-0.4, -0.2) is 35.6 Å². The first-order valence-corrected chi connectivity index (χ1v) is 9.50. The topological polar surface area (TPSA) is 93.8 Å². The van der Waals surface area contributed by atoms with Crippen molar-refractivity contribution < 1.29 is 18.7 Å². The van der Waals surface area contributed by atoms with Gasteiger partial charge < -0.3 is 19.4 Å². The van der Waals surface area contributed by atoms with Crippen molar-refractivity contribution in [2.24, 2.45) is 0 Å². The summed E-state index contributed by atoms with van der Waals surface area (Å²) in [6, 6.07) is 14.0. The van der Waals surface area contributed by atoms with Crippen LogP contribution in [0.2, 0.25) is 0 Å². The molecule has 1 N–H and O–H groups in total. The van der Waals surface area contributed by atoms with Crippen molar-refractivity contribution in [2.75, 3.05) is 18.0 Å². The van der Waals surface area contributed by atoms with Crippen molar-refractivity contribution >= 4 is 28.6 Å². The van der Waals surface area contributed by atoms with Gasteiger partial charge in [0.2, 0.25) is 5.91 Å². The van der Waals surface area contributed by atoms with Crippen LogP contribution in [-0.2, 0) is 16.1 Å². The van der Waals surface area contributed by atoms with Gasteiger partial charge in [0, 0.05) is 6.54 Å². The zero-order chi connectivity index (χ0) is 20.4. The molecular formula is C21H21N3O5. The number of ether oxygens (including phenoxy) is 1. The van der Waals surface area contributed by atoms with Gasteiger partial charge in [-0.05, 0) is 30.7 Å². The van der Waals surface area contributed by atoms with Gasteiger partial charge in [-0.25, -0.2) is 4.79 Å². The highest BCUT2D eigenvalue weighted by molar-refractivity contribution is 5.97. The third kappa shape index (κ3) is 3.61. The molecule has 8 heteroatoms. The molecule has 0 unspecified atom stereocenters. The molecule has 1 aromatic heterocycles. The number of benzene rings is 2. The van der Waals surface area contributed by atoms with Crippen LogP contribution in [0.1, 0.15) is 13.3 Å². The summed E-state index contributed by atoms with van der Waals surface area (Å²) >= 11 is 0. The van der Waals surface area contributed by atoms with E-state index in [4.69, 9.17) is 9.15 Å². The minimum Gasteiger partial charge on any atom is -0.477 e. The normalized spacial score (nSPS) is 15.6. The zero-order valence-electron chi connectivity index (χ0n) is 16.0. The maximum Gasteiger partial charge on any atom is 0.420 e. The Morgan fingerprint density at radius 2 is 1.90 bits per heavy atom. The van der Waals surface area contributed by atoms with E-state index in [1.165, 1.54) is 9.47 Å². The molecule has 1 aliphatic rings. The molecule has 2 aromatic carbocycles. The molecule has 1 aliphatic heterocycles. The van der Waals surface area contributed by atoms with E-state index >= 15 is 0 Å². The summed E-state index contributed by atoms with van der Waals surface area (Å²) in [6.45, 7) is 2.36. The van der Waals surface area contributed by atoms with Crippen LogP contribution in [0.4, 0.5) is 5.69 Å². The summed E-state index contributed by atoms with van der Waals surface area (Å²) in [7, 11) is 0. The summed E-state index contributed by atoms with van der Waals surface area (Å²) in [5.74, 6) is -0.751. The maximum absolute atomic E-state index is 13.1. The standard InChI is InChI=1S/C21H21N3O5/c1-2-11-22-20(26)18-12-23(14-7-3-5-9-16(14)28-18)19(25)13-24-15-8-4-6-10-17(15)29-21(24)27/h3-10,18H,2,11-13H2,1H3,(H,22,26)/t18-/m0/s1. The van der Waals surface area contributed by atoms with Crippen molar-refractivity contribution in [1.29, 1.82) is 0 Å². The fourth-order valence-corrected chi connectivity index (χ4v) is 3.35. The third-order valence-corrected chi connectivity index (χ3v) is 4.78. The first kappa shape index (κ1) is 18.8. The summed E-state index contributed by atoms with van der Waals surface area (Å²) in [6.07, 6.45) is -0.0213. The number of hydrogen-bond acceptors (Lipinski definition) is 5. The number of hydrogen-bond donors (Lipinski definition) is 1. The Morgan fingerprint density at radius 1 is 1.14 bits per heavy atom. The van der Waals surface area contributed by atoms with Crippen LogP contribution in [0.15, 0.2) is 57.7 Å². The molecule has 0 saturated carbocycles. The van der Waals surface area contributed by atoms with E-state index in [9.17, 15) is 14.4 Å². The first-order chi connectivity index (χ1) is 14.1. The molecule has 1 atom stereocenters. The molecule has 0 aliphatic carbocycles. The minimum atomic E-state index is -0.821. The molecule has 2 amide bonds. The van der Waals surface area contributed by atoms with Crippen LogP contribution >= 0.6 is 0 Å². The number of carbonyl (C=O) groups is 2. The lowest BCUT2D eigenvalue weighted by molar-refractivity contribution is -0.128. The smallest absolute Gasteiger partial charge is 0.420 e. The van der Waals surface area contributed by atoms with Gasteiger partial charge in [-0.15, -0.1) is 0 Å². The summed E-state index contributed by atoms with van der Waals surface area (Å²) in [5, 5.41) is 2.80. The number of para-hydroxylation sites is 4. The van der Waals surface area contributed by atoms with Crippen LogP contribution < -0.4 is 20.7 Å². The van der Waals surface area contributed by atoms with Gasteiger partial charge in [-0.1, -0.05) is 31.2 Å². The summed E-state index contributed by atoms with van der Waals surface area (Å²) in [4.78, 5) is 39.3. The molecule has 3 aromatic rings. The van der Waals surface area contributed by atoms with Crippen LogP contribution in [0, 0.1) is 0 Å². The predicted octanol–water partition coefficient (Wildman–Crippen LogP) is 1.91. The Kier molecular flexibility index (Phi) is 5.07. The quantitative estimate of drug-likeness (QED) is 0.712. The summed E-state index contributed by atoms with van der Waals surface area (Å²) in [5.41, 5.74) is 1.53. The molecule has 0 radical (unpaired) electrons. The van der Waals surface area contributed by atoms with Gasteiger partial charge in [0.25, 0.3) is 5.91 Å². The molecule has 29 heavy (non-hydrogen) atoms. The number of rotatable bonds is 5.